The molecule has 0 heterocycles. The first-order chi connectivity index (χ1) is 7.83. The van der Waals surface area contributed by atoms with E-state index in [1.165, 1.54) is 13.8 Å². The lowest BCUT2D eigenvalue weighted by Gasteiger charge is -2.18. The van der Waals surface area contributed by atoms with E-state index in [2.05, 4.69) is 0 Å². The van der Waals surface area contributed by atoms with E-state index >= 15 is 0 Å². The van der Waals surface area contributed by atoms with Crippen LogP contribution in [0.4, 0.5) is 22.0 Å². The van der Waals surface area contributed by atoms with Gasteiger partial charge in [0.05, 0.1) is 11.0 Å². The van der Waals surface area contributed by atoms with Gasteiger partial charge in [-0.05, 0) is 11.3 Å². The smallest absolute Gasteiger partial charge is 0.459 e. The van der Waals surface area contributed by atoms with Gasteiger partial charge in [0.15, 0.2) is 0 Å². The van der Waals surface area contributed by atoms with Crippen molar-refractivity contribution in [2.75, 3.05) is 0 Å². The lowest BCUT2D eigenvalue weighted by Crippen LogP contribution is -2.36. The highest BCUT2D eigenvalue weighted by molar-refractivity contribution is 6.30. The van der Waals surface area contributed by atoms with Gasteiger partial charge in [0.25, 0.3) is 0 Å². The Morgan fingerprint density at radius 3 is 1.95 bits per heavy atom. The minimum atomic E-state index is -5.79. The summed E-state index contributed by atoms with van der Waals surface area (Å²) in [5, 5.41) is 7.07. The van der Waals surface area contributed by atoms with Gasteiger partial charge in [0.1, 0.15) is 0 Å². The summed E-state index contributed by atoms with van der Waals surface area (Å²) < 4.78 is 61.7. The predicted molar refractivity (Wildman–Crippen MR) is 60.6 cm³/mol. The van der Waals surface area contributed by atoms with Crippen molar-refractivity contribution in [2.24, 2.45) is 17.3 Å². The number of allylic oxidation sites excluding steroid dienone is 2. The summed E-state index contributed by atoms with van der Waals surface area (Å²) in [7, 11) is 0. The van der Waals surface area contributed by atoms with E-state index < -0.39 is 40.4 Å². The van der Waals surface area contributed by atoms with Crippen molar-refractivity contribution in [3.05, 3.63) is 11.1 Å². The van der Waals surface area contributed by atoms with Crippen molar-refractivity contribution in [2.45, 2.75) is 25.9 Å². The van der Waals surface area contributed by atoms with Crippen LogP contribution >= 0.6 is 24.0 Å². The molecule has 112 valence electrons. The molecule has 1 aliphatic carbocycles. The minimum absolute atomic E-state index is 0. The van der Waals surface area contributed by atoms with E-state index in [1.807, 2.05) is 0 Å². The molecule has 1 fully saturated rings. The minimum Gasteiger partial charge on any atom is -0.481 e. The van der Waals surface area contributed by atoms with E-state index in [9.17, 15) is 26.7 Å². The molecule has 1 saturated carbocycles. The van der Waals surface area contributed by atoms with Gasteiger partial charge in [-0.25, -0.2) is 0 Å². The zero-order valence-corrected chi connectivity index (χ0v) is 11.3. The lowest BCUT2D eigenvalue weighted by molar-refractivity contribution is -0.261. The van der Waals surface area contributed by atoms with Crippen LogP contribution in [0.2, 0.25) is 0 Å². The van der Waals surface area contributed by atoms with Crippen molar-refractivity contribution in [3.8, 4) is 0 Å². The second kappa shape index (κ2) is 5.09. The largest absolute Gasteiger partial charge is 0.481 e. The lowest BCUT2D eigenvalue weighted by atomic mass is 10.1. The highest BCUT2D eigenvalue weighted by atomic mass is 35.5. The van der Waals surface area contributed by atoms with Gasteiger partial charge >= 0.3 is 18.1 Å². The zero-order valence-electron chi connectivity index (χ0n) is 9.76. The zero-order chi connectivity index (χ0) is 14.5. The van der Waals surface area contributed by atoms with Crippen molar-refractivity contribution in [1.29, 1.82) is 0 Å². The first kappa shape index (κ1) is 18.4. The monoisotopic (exact) mass is 328 g/mol. The Morgan fingerprint density at radius 2 is 1.68 bits per heavy atom. The van der Waals surface area contributed by atoms with Gasteiger partial charge in [-0.15, -0.1) is 12.4 Å². The van der Waals surface area contributed by atoms with Gasteiger partial charge in [-0.3, -0.25) is 4.79 Å². The number of hydrogen-bond acceptors (Lipinski definition) is 1. The molecule has 1 N–H and O–H groups in total. The molecule has 2 atom stereocenters. The fourth-order valence-electron chi connectivity index (χ4n) is 1.86. The quantitative estimate of drug-likeness (QED) is 0.792. The summed E-state index contributed by atoms with van der Waals surface area (Å²) >= 11 is 4.99. The third-order valence-electron chi connectivity index (χ3n) is 3.16. The van der Waals surface area contributed by atoms with Crippen LogP contribution in [0.5, 0.6) is 0 Å². The topological polar surface area (TPSA) is 37.3 Å². The Labute approximate surface area is 117 Å². The average molecular weight is 329 g/mol. The summed E-state index contributed by atoms with van der Waals surface area (Å²) in [6.45, 7) is 2.92. The van der Waals surface area contributed by atoms with Crippen LogP contribution in [-0.4, -0.2) is 23.2 Å². The van der Waals surface area contributed by atoms with E-state index in [1.54, 1.807) is 0 Å². The molecule has 0 radical (unpaired) electrons. The van der Waals surface area contributed by atoms with Crippen LogP contribution in [0, 0.1) is 17.3 Å². The molecule has 0 aromatic carbocycles. The van der Waals surface area contributed by atoms with Crippen LogP contribution in [0.25, 0.3) is 0 Å². The molecule has 0 aromatic heterocycles. The van der Waals surface area contributed by atoms with E-state index in [-0.39, 0.29) is 12.4 Å². The molecule has 2 nitrogen and oxygen atoms in total. The van der Waals surface area contributed by atoms with Crippen molar-refractivity contribution < 1.29 is 31.9 Å². The van der Waals surface area contributed by atoms with Crippen molar-refractivity contribution in [1.82, 2.24) is 0 Å². The molecule has 2 unspecified atom stereocenters. The number of halogens is 7. The Kier molecular flexibility index (Phi) is 4.94. The number of carboxylic acids is 1. The average Bonchev–Trinajstić information content (AvgIpc) is 2.65. The van der Waals surface area contributed by atoms with Crippen LogP contribution in [-0.2, 0) is 4.79 Å². The first-order valence-corrected chi connectivity index (χ1v) is 5.26. The summed E-state index contributed by atoms with van der Waals surface area (Å²) in [5.41, 5.74) is -0.881. The molecule has 0 spiro atoms. The van der Waals surface area contributed by atoms with Crippen LogP contribution in [0.3, 0.4) is 0 Å². The van der Waals surface area contributed by atoms with E-state index in [0.717, 1.165) is 0 Å². The molecule has 1 rings (SSSR count). The fraction of sp³-hybridized carbons (Fsp3) is 0.700. The van der Waals surface area contributed by atoms with Gasteiger partial charge < -0.3 is 5.11 Å². The van der Waals surface area contributed by atoms with Crippen LogP contribution in [0.1, 0.15) is 13.8 Å². The SMILES string of the molecule is CC1(C)C(C=C(Cl)C(F)(F)C(F)(F)F)C1C(=O)O.Cl. The van der Waals surface area contributed by atoms with Gasteiger partial charge in [0, 0.05) is 0 Å². The molecule has 0 bridgehead atoms. The Morgan fingerprint density at radius 1 is 1.26 bits per heavy atom. The molecule has 9 heteroatoms. The number of carbonyl (C=O) groups is 1. The van der Waals surface area contributed by atoms with E-state index in [0.29, 0.717) is 6.08 Å². The third kappa shape index (κ3) is 3.13. The normalized spacial score (nSPS) is 26.6. The van der Waals surface area contributed by atoms with Gasteiger partial charge in [-0.2, -0.15) is 22.0 Å². The molecule has 0 aromatic rings. The van der Waals surface area contributed by atoms with Gasteiger partial charge in [0.2, 0.25) is 0 Å². The molecular weight excluding hydrogens is 318 g/mol. The highest BCUT2D eigenvalue weighted by Crippen LogP contribution is 2.60. The maximum Gasteiger partial charge on any atom is 0.459 e. The number of hydrogen-bond donors (Lipinski definition) is 1. The summed E-state index contributed by atoms with van der Waals surface area (Å²) in [6.07, 6.45) is -5.30. The summed E-state index contributed by atoms with van der Waals surface area (Å²) in [5.74, 6) is -8.34. The Bertz CT molecular complexity index is 403. The van der Waals surface area contributed by atoms with Crippen LogP contribution < -0.4 is 0 Å². The molecule has 0 aliphatic heterocycles. The summed E-state index contributed by atoms with van der Waals surface area (Å²) in [4.78, 5) is 10.7. The van der Waals surface area contributed by atoms with Gasteiger partial charge in [-0.1, -0.05) is 31.5 Å². The number of alkyl halides is 5. The number of aliphatic carboxylic acids is 1. The molecule has 19 heavy (non-hydrogen) atoms. The van der Waals surface area contributed by atoms with E-state index in [4.69, 9.17) is 16.7 Å². The first-order valence-electron chi connectivity index (χ1n) is 4.88. The number of rotatable bonds is 3. The maximum absolute atomic E-state index is 12.8. The second-order valence-electron chi connectivity index (χ2n) is 4.75. The van der Waals surface area contributed by atoms with Crippen molar-refractivity contribution >= 4 is 30.0 Å². The molecule has 1 aliphatic rings. The fourth-order valence-corrected chi connectivity index (χ4v) is 2.10. The Hall–Kier alpha value is -0.560. The molecule has 0 amide bonds. The maximum atomic E-state index is 12.8. The summed E-state index contributed by atoms with van der Waals surface area (Å²) in [6, 6.07) is 0. The predicted octanol–water partition coefficient (Wildman–Crippen LogP) is 4.09. The molecular formula is C10H11Cl2F5O2. The third-order valence-corrected chi connectivity index (χ3v) is 3.52. The number of carboxylic acid groups (broad SMARTS) is 1. The van der Waals surface area contributed by atoms with Crippen LogP contribution in [0.15, 0.2) is 11.1 Å². The second-order valence-corrected chi connectivity index (χ2v) is 5.16. The standard InChI is InChI=1S/C10H10ClF5O2.ClH/c1-8(2)4(6(8)7(17)18)3-5(11)9(12,13)10(14,15)16;/h3-4,6H,1-2H3,(H,17,18);1H. The van der Waals surface area contributed by atoms with Crippen molar-refractivity contribution in [3.63, 3.8) is 0 Å². The highest BCUT2D eigenvalue weighted by Gasteiger charge is 2.64. The Balaban J connectivity index is 0.00000324. The molecule has 0 saturated heterocycles.